The fraction of sp³-hybridized carbons (Fsp3) is 0.182. The average molecular weight is 382 g/mol. The lowest BCUT2D eigenvalue weighted by molar-refractivity contribution is 0.0601. The largest absolute Gasteiger partial charge is 0.465 e. The van der Waals surface area contributed by atoms with Crippen molar-refractivity contribution in [1.82, 2.24) is 4.09 Å². The minimum Gasteiger partial charge on any atom is -0.465 e. The first kappa shape index (κ1) is 13.0. The summed E-state index contributed by atoms with van der Waals surface area (Å²) in [5, 5.41) is 0.972. The summed E-state index contributed by atoms with van der Waals surface area (Å²) < 4.78 is 7.22. The van der Waals surface area contributed by atoms with Gasteiger partial charge in [0.05, 0.1) is 18.2 Å². The molecule has 0 spiro atoms. The van der Waals surface area contributed by atoms with Crippen LogP contribution in [0.3, 0.4) is 0 Å². The van der Waals surface area contributed by atoms with E-state index in [9.17, 15) is 4.79 Å². The van der Waals surface area contributed by atoms with Gasteiger partial charge in [-0.1, -0.05) is 0 Å². The number of hydrogen-bond donors (Lipinski definition) is 0. The van der Waals surface area contributed by atoms with E-state index >= 15 is 0 Å². The first-order valence-electron chi connectivity index (χ1n) is 4.71. The Morgan fingerprint density at radius 3 is 2.82 bits per heavy atom. The summed E-state index contributed by atoms with van der Waals surface area (Å²) in [5.41, 5.74) is 1.46. The van der Waals surface area contributed by atoms with Gasteiger partial charge in [0.25, 0.3) is 0 Å². The smallest absolute Gasteiger partial charge is 0.337 e. The molecule has 90 valence electrons. The number of methoxy groups -OCH3 is 1. The van der Waals surface area contributed by atoms with Gasteiger partial charge in [-0.3, -0.25) is 4.09 Å². The van der Waals surface area contributed by atoms with Gasteiger partial charge < -0.3 is 4.74 Å². The topological polar surface area (TPSA) is 31.2 Å². The number of fused-ring (bicyclic) bond motifs is 1. The van der Waals surface area contributed by atoms with Crippen LogP contribution in [0.1, 0.15) is 10.4 Å². The molecule has 2 rings (SSSR count). The van der Waals surface area contributed by atoms with Crippen LogP contribution < -0.4 is 0 Å². The summed E-state index contributed by atoms with van der Waals surface area (Å²) in [5.74, 6) is -0.334. The highest BCUT2D eigenvalue weighted by Gasteiger charge is 2.15. The molecule has 1 heterocycles. The fourth-order valence-corrected chi connectivity index (χ4v) is 3.59. The van der Waals surface area contributed by atoms with Gasteiger partial charge in [-0.05, 0) is 41.0 Å². The summed E-state index contributed by atoms with van der Waals surface area (Å²) in [6, 6.07) is 3.59. The van der Waals surface area contributed by atoms with Crippen molar-refractivity contribution in [2.45, 2.75) is 4.90 Å². The van der Waals surface area contributed by atoms with Crippen LogP contribution in [0.15, 0.2) is 23.2 Å². The van der Waals surface area contributed by atoms with Gasteiger partial charge in [0, 0.05) is 31.8 Å². The number of carbonyl (C=O) groups is 1. The number of ether oxygens (including phenoxy) is 1. The summed E-state index contributed by atoms with van der Waals surface area (Å²) in [6.07, 6.45) is 3.82. The third-order valence-electron chi connectivity index (χ3n) is 2.41. The van der Waals surface area contributed by atoms with Crippen molar-refractivity contribution in [3.63, 3.8) is 0 Å². The molecule has 0 saturated carbocycles. The molecule has 6 heteroatoms. The van der Waals surface area contributed by atoms with Crippen molar-refractivity contribution in [3.05, 3.63) is 27.5 Å². The number of nitrogens with zero attached hydrogens (tertiary/aromatic N) is 1. The van der Waals surface area contributed by atoms with E-state index in [4.69, 9.17) is 16.5 Å². The maximum atomic E-state index is 11.5. The van der Waals surface area contributed by atoms with E-state index in [1.807, 2.05) is 18.5 Å². The fourth-order valence-electron chi connectivity index (χ4n) is 1.64. The minimum absolute atomic E-state index is 0.334. The van der Waals surface area contributed by atoms with Crippen LogP contribution in [0.25, 0.3) is 10.9 Å². The van der Waals surface area contributed by atoms with E-state index in [0.29, 0.717) is 5.56 Å². The molecule has 0 atom stereocenters. The molecule has 0 aliphatic heterocycles. The highest BCUT2D eigenvalue weighted by atomic mass is 127. The third kappa shape index (κ3) is 2.28. The standard InChI is InChI=1S/C11H9ClINO2S/c1-16-11(15)6-3-7-9(17-2)5-14(12)10(7)8(13)4-6/h3-5H,1-2H3. The molecule has 17 heavy (non-hydrogen) atoms. The zero-order chi connectivity index (χ0) is 12.6. The molecule has 0 aliphatic carbocycles. The normalized spacial score (nSPS) is 10.8. The molecule has 2 aromatic rings. The van der Waals surface area contributed by atoms with Crippen molar-refractivity contribution in [1.29, 1.82) is 0 Å². The Balaban J connectivity index is 2.75. The maximum absolute atomic E-state index is 11.5. The second-order valence-corrected chi connectivity index (χ2v) is 5.73. The molecular formula is C11H9ClINO2S. The monoisotopic (exact) mass is 381 g/mol. The predicted molar refractivity (Wildman–Crippen MR) is 79.0 cm³/mol. The van der Waals surface area contributed by atoms with E-state index in [0.717, 1.165) is 19.4 Å². The Kier molecular flexibility index (Phi) is 3.89. The van der Waals surface area contributed by atoms with Gasteiger partial charge in [0.2, 0.25) is 0 Å². The predicted octanol–water partition coefficient (Wildman–Crippen LogP) is 3.76. The molecule has 0 amide bonds. The number of halogens is 2. The average Bonchev–Trinajstić information content (AvgIpc) is 2.65. The number of aromatic nitrogens is 1. The van der Waals surface area contributed by atoms with E-state index in [1.54, 1.807) is 21.9 Å². The van der Waals surface area contributed by atoms with E-state index in [1.165, 1.54) is 7.11 Å². The molecule has 3 nitrogen and oxygen atoms in total. The number of esters is 1. The molecule has 0 N–H and O–H groups in total. The highest BCUT2D eigenvalue weighted by Crippen LogP contribution is 2.33. The van der Waals surface area contributed by atoms with Crippen molar-refractivity contribution in [3.8, 4) is 0 Å². The van der Waals surface area contributed by atoms with Crippen LogP contribution in [0.4, 0.5) is 0 Å². The van der Waals surface area contributed by atoms with E-state index < -0.39 is 0 Å². The summed E-state index contributed by atoms with van der Waals surface area (Å²) in [7, 11) is 1.38. The van der Waals surface area contributed by atoms with Gasteiger partial charge >= 0.3 is 5.97 Å². The molecule has 0 bridgehead atoms. The first-order valence-corrected chi connectivity index (χ1v) is 7.35. The highest BCUT2D eigenvalue weighted by molar-refractivity contribution is 14.1. The summed E-state index contributed by atoms with van der Waals surface area (Å²) in [6.45, 7) is 0. The molecule has 0 radical (unpaired) electrons. The lowest BCUT2D eigenvalue weighted by atomic mass is 10.1. The Morgan fingerprint density at radius 2 is 2.24 bits per heavy atom. The number of carbonyl (C=O) groups excluding carboxylic acids is 1. The molecule has 1 aromatic carbocycles. The van der Waals surface area contributed by atoms with Crippen LogP contribution in [0.2, 0.25) is 0 Å². The quantitative estimate of drug-likeness (QED) is 0.451. The Hall–Kier alpha value is -0.400. The number of hydrogen-bond acceptors (Lipinski definition) is 3. The molecular weight excluding hydrogens is 373 g/mol. The van der Waals surface area contributed by atoms with Crippen LogP contribution in [0.5, 0.6) is 0 Å². The van der Waals surface area contributed by atoms with Crippen LogP contribution in [-0.2, 0) is 4.74 Å². The second-order valence-electron chi connectivity index (χ2n) is 3.35. The Labute approximate surface area is 122 Å². The zero-order valence-electron chi connectivity index (χ0n) is 9.16. The number of thioether (sulfide) groups is 1. The second kappa shape index (κ2) is 5.07. The van der Waals surface area contributed by atoms with Crippen molar-refractivity contribution < 1.29 is 9.53 Å². The lowest BCUT2D eigenvalue weighted by Gasteiger charge is -2.03. The van der Waals surface area contributed by atoms with E-state index in [2.05, 4.69) is 22.6 Å². The summed E-state index contributed by atoms with van der Waals surface area (Å²) >= 11 is 9.87. The van der Waals surface area contributed by atoms with Crippen molar-refractivity contribution >= 4 is 63.0 Å². The van der Waals surface area contributed by atoms with Gasteiger partial charge in [0.1, 0.15) is 0 Å². The Morgan fingerprint density at radius 1 is 1.53 bits per heavy atom. The van der Waals surface area contributed by atoms with Crippen LogP contribution >= 0.6 is 46.1 Å². The summed E-state index contributed by atoms with van der Waals surface area (Å²) in [4.78, 5) is 12.6. The molecule has 0 aliphatic rings. The van der Waals surface area contributed by atoms with Crippen LogP contribution in [-0.4, -0.2) is 23.4 Å². The SMILES string of the molecule is COC(=O)c1cc(I)c2c(c1)c(SC)cn2Cl. The molecule has 1 aromatic heterocycles. The Bertz CT molecular complexity index is 597. The van der Waals surface area contributed by atoms with Gasteiger partial charge in [-0.25, -0.2) is 4.79 Å². The van der Waals surface area contributed by atoms with Gasteiger partial charge in [-0.2, -0.15) is 0 Å². The molecule has 0 saturated heterocycles. The first-order chi connectivity index (χ1) is 8.08. The van der Waals surface area contributed by atoms with Gasteiger partial charge in [-0.15, -0.1) is 11.8 Å². The van der Waals surface area contributed by atoms with Crippen molar-refractivity contribution in [2.75, 3.05) is 13.4 Å². The number of rotatable bonds is 2. The molecule has 0 fully saturated rings. The molecule has 0 unspecified atom stereocenters. The minimum atomic E-state index is -0.334. The third-order valence-corrected chi connectivity index (χ3v) is 4.27. The van der Waals surface area contributed by atoms with Crippen LogP contribution in [0, 0.1) is 3.57 Å². The number of benzene rings is 1. The van der Waals surface area contributed by atoms with E-state index in [-0.39, 0.29) is 5.97 Å². The zero-order valence-corrected chi connectivity index (χ0v) is 12.9. The van der Waals surface area contributed by atoms with Gasteiger partial charge in [0.15, 0.2) is 0 Å². The maximum Gasteiger partial charge on any atom is 0.337 e. The lowest BCUT2D eigenvalue weighted by Crippen LogP contribution is -2.01. The van der Waals surface area contributed by atoms with Crippen molar-refractivity contribution in [2.24, 2.45) is 0 Å².